The lowest BCUT2D eigenvalue weighted by atomic mass is 10.1. The summed E-state index contributed by atoms with van der Waals surface area (Å²) >= 11 is 0. The van der Waals surface area contributed by atoms with Crippen LogP contribution in [0.4, 0.5) is 0 Å². The smallest absolute Gasteiger partial charge is 0.169 e. The minimum Gasteiger partial charge on any atom is -0.351 e. The van der Waals surface area contributed by atoms with E-state index in [4.69, 9.17) is 15.2 Å². The number of hydrogen-bond acceptors (Lipinski definition) is 3. The third-order valence-electron chi connectivity index (χ3n) is 5.14. The quantitative estimate of drug-likeness (QED) is 0.107. The van der Waals surface area contributed by atoms with E-state index in [1.54, 1.807) is 0 Å². The fourth-order valence-corrected chi connectivity index (χ4v) is 3.23. The molecular formula is C26H51NO2. The van der Waals surface area contributed by atoms with E-state index in [2.05, 4.69) is 38.2 Å². The Kier molecular flexibility index (Phi) is 24.8. The van der Waals surface area contributed by atoms with E-state index in [1.165, 1.54) is 83.5 Å². The fourth-order valence-electron chi connectivity index (χ4n) is 3.23. The van der Waals surface area contributed by atoms with Crippen LogP contribution in [0.3, 0.4) is 0 Å². The average molecular weight is 410 g/mol. The van der Waals surface area contributed by atoms with Crippen LogP contribution >= 0.6 is 0 Å². The molecule has 0 radical (unpaired) electrons. The maximum absolute atomic E-state index is 5.76. The molecule has 0 rings (SSSR count). The van der Waals surface area contributed by atoms with Crippen LogP contribution in [0.5, 0.6) is 0 Å². The normalized spacial score (nSPS) is 13.1. The largest absolute Gasteiger partial charge is 0.351 e. The van der Waals surface area contributed by atoms with E-state index in [0.29, 0.717) is 6.54 Å². The lowest BCUT2D eigenvalue weighted by molar-refractivity contribution is -0.137. The lowest BCUT2D eigenvalue weighted by Gasteiger charge is -2.16. The molecule has 0 bridgehead atoms. The zero-order chi connectivity index (χ0) is 21.3. The van der Waals surface area contributed by atoms with Crippen LogP contribution in [-0.4, -0.2) is 26.0 Å². The number of hydrogen-bond donors (Lipinski definition) is 1. The van der Waals surface area contributed by atoms with Crippen LogP contribution in [-0.2, 0) is 9.47 Å². The van der Waals surface area contributed by atoms with Gasteiger partial charge < -0.3 is 15.2 Å². The third-order valence-corrected chi connectivity index (χ3v) is 5.14. The van der Waals surface area contributed by atoms with Crippen molar-refractivity contribution in [1.82, 2.24) is 0 Å². The minimum absolute atomic E-state index is 0.213. The van der Waals surface area contributed by atoms with Gasteiger partial charge in [0.15, 0.2) is 6.29 Å². The number of ether oxygens (including phenoxy) is 2. The van der Waals surface area contributed by atoms with Crippen molar-refractivity contribution >= 4 is 0 Å². The molecule has 0 aliphatic rings. The molecular weight excluding hydrogens is 358 g/mol. The Morgan fingerprint density at radius 3 is 1.59 bits per heavy atom. The van der Waals surface area contributed by atoms with Gasteiger partial charge in [-0.2, -0.15) is 0 Å². The molecule has 2 N–H and O–H groups in total. The summed E-state index contributed by atoms with van der Waals surface area (Å²) in [6, 6.07) is 0. The molecule has 0 aromatic carbocycles. The number of nitrogens with two attached hydrogens (primary N) is 1. The van der Waals surface area contributed by atoms with Crippen molar-refractivity contribution in [3.63, 3.8) is 0 Å². The van der Waals surface area contributed by atoms with Gasteiger partial charge in [0.2, 0.25) is 0 Å². The van der Waals surface area contributed by atoms with Crippen molar-refractivity contribution in [2.45, 2.75) is 123 Å². The van der Waals surface area contributed by atoms with Gasteiger partial charge in [-0.15, -0.1) is 0 Å². The summed E-state index contributed by atoms with van der Waals surface area (Å²) in [6.07, 6.45) is 29.2. The topological polar surface area (TPSA) is 44.5 Å². The highest BCUT2D eigenvalue weighted by Gasteiger charge is 2.06. The number of rotatable bonds is 23. The summed E-state index contributed by atoms with van der Waals surface area (Å²) in [7, 11) is 0. The van der Waals surface area contributed by atoms with E-state index < -0.39 is 0 Å². The monoisotopic (exact) mass is 409 g/mol. The Morgan fingerprint density at radius 1 is 0.586 bits per heavy atom. The molecule has 0 heterocycles. The van der Waals surface area contributed by atoms with Gasteiger partial charge in [-0.3, -0.25) is 0 Å². The number of unbranched alkanes of at least 4 members (excludes halogenated alkanes) is 12. The van der Waals surface area contributed by atoms with Crippen LogP contribution in [0.25, 0.3) is 0 Å². The van der Waals surface area contributed by atoms with Crippen molar-refractivity contribution in [2.75, 3.05) is 19.8 Å². The summed E-state index contributed by atoms with van der Waals surface area (Å²) in [6.45, 7) is 6.47. The Bertz CT molecular complexity index is 355. The predicted octanol–water partition coefficient (Wildman–Crippen LogP) is 7.70. The second-order valence-corrected chi connectivity index (χ2v) is 8.05. The summed E-state index contributed by atoms with van der Waals surface area (Å²) in [5.74, 6) is 0. The lowest BCUT2D eigenvalue weighted by Crippen LogP contribution is -2.27. The second kappa shape index (κ2) is 25.4. The van der Waals surface area contributed by atoms with Crippen LogP contribution in [0, 0.1) is 0 Å². The van der Waals surface area contributed by atoms with E-state index in [9.17, 15) is 0 Å². The zero-order valence-electron chi connectivity index (χ0n) is 19.7. The molecule has 3 heteroatoms. The van der Waals surface area contributed by atoms with Gasteiger partial charge in [0, 0.05) is 19.8 Å². The van der Waals surface area contributed by atoms with E-state index in [0.717, 1.165) is 32.5 Å². The molecule has 0 aliphatic carbocycles. The first-order chi connectivity index (χ1) is 14.3. The standard InChI is InChI=1S/C26H51NO2/c1-3-5-7-9-10-11-12-13-14-15-16-17-18-19-20-22-24-29-26(25-27)28-23-21-8-6-4-2/h10-11,13-14,26H,3-9,12,15-25,27H2,1-2H3/b11-10-,14-13-. The van der Waals surface area contributed by atoms with Crippen molar-refractivity contribution in [2.24, 2.45) is 5.73 Å². The molecule has 172 valence electrons. The predicted molar refractivity (Wildman–Crippen MR) is 128 cm³/mol. The molecule has 0 aromatic heterocycles. The molecule has 0 saturated carbocycles. The van der Waals surface area contributed by atoms with Crippen molar-refractivity contribution in [1.29, 1.82) is 0 Å². The molecule has 29 heavy (non-hydrogen) atoms. The van der Waals surface area contributed by atoms with Gasteiger partial charge >= 0.3 is 0 Å². The SMILES string of the molecule is CCCCC/C=C\C/C=C\CCCCCCCCOC(CN)OCCCCCC. The second-order valence-electron chi connectivity index (χ2n) is 8.05. The molecule has 0 aliphatic heterocycles. The van der Waals surface area contributed by atoms with Crippen molar-refractivity contribution < 1.29 is 9.47 Å². The minimum atomic E-state index is -0.213. The molecule has 0 fully saturated rings. The Balaban J connectivity index is 3.32. The van der Waals surface area contributed by atoms with E-state index in [1.807, 2.05) is 0 Å². The van der Waals surface area contributed by atoms with Crippen molar-refractivity contribution in [3.05, 3.63) is 24.3 Å². The first-order valence-electron chi connectivity index (χ1n) is 12.6. The van der Waals surface area contributed by atoms with Gasteiger partial charge in [-0.1, -0.05) is 95.9 Å². The molecule has 1 unspecified atom stereocenters. The van der Waals surface area contributed by atoms with Gasteiger partial charge in [-0.05, 0) is 44.9 Å². The molecule has 0 spiro atoms. The summed E-state index contributed by atoms with van der Waals surface area (Å²) in [5.41, 5.74) is 5.73. The Hall–Kier alpha value is -0.640. The van der Waals surface area contributed by atoms with Gasteiger partial charge in [0.25, 0.3) is 0 Å². The van der Waals surface area contributed by atoms with Crippen molar-refractivity contribution in [3.8, 4) is 0 Å². The average Bonchev–Trinajstić information content (AvgIpc) is 2.74. The molecule has 0 aromatic rings. The first-order valence-corrected chi connectivity index (χ1v) is 12.6. The van der Waals surface area contributed by atoms with E-state index >= 15 is 0 Å². The van der Waals surface area contributed by atoms with Crippen LogP contribution in [0.2, 0.25) is 0 Å². The van der Waals surface area contributed by atoms with Crippen LogP contribution < -0.4 is 5.73 Å². The molecule has 0 amide bonds. The third kappa shape index (κ3) is 23.5. The molecule has 3 nitrogen and oxygen atoms in total. The van der Waals surface area contributed by atoms with Crippen LogP contribution in [0.1, 0.15) is 117 Å². The first kappa shape index (κ1) is 28.4. The fraction of sp³-hybridized carbons (Fsp3) is 0.846. The Morgan fingerprint density at radius 2 is 1.03 bits per heavy atom. The van der Waals surface area contributed by atoms with Gasteiger partial charge in [0.05, 0.1) is 0 Å². The maximum Gasteiger partial charge on any atom is 0.169 e. The maximum atomic E-state index is 5.76. The molecule has 1 atom stereocenters. The van der Waals surface area contributed by atoms with Gasteiger partial charge in [0.1, 0.15) is 0 Å². The highest BCUT2D eigenvalue weighted by molar-refractivity contribution is 4.92. The Labute approximate surface area is 182 Å². The summed E-state index contributed by atoms with van der Waals surface area (Å²) in [4.78, 5) is 0. The van der Waals surface area contributed by atoms with Crippen LogP contribution in [0.15, 0.2) is 24.3 Å². The summed E-state index contributed by atoms with van der Waals surface area (Å²) in [5, 5.41) is 0. The highest BCUT2D eigenvalue weighted by atomic mass is 16.7. The number of allylic oxidation sites excluding steroid dienone is 4. The van der Waals surface area contributed by atoms with E-state index in [-0.39, 0.29) is 6.29 Å². The summed E-state index contributed by atoms with van der Waals surface area (Å²) < 4.78 is 11.5. The highest BCUT2D eigenvalue weighted by Crippen LogP contribution is 2.09. The van der Waals surface area contributed by atoms with Gasteiger partial charge in [-0.25, -0.2) is 0 Å². The zero-order valence-corrected chi connectivity index (χ0v) is 19.7. The molecule has 0 saturated heterocycles.